The van der Waals surface area contributed by atoms with Crippen molar-refractivity contribution >= 4 is 17.3 Å². The van der Waals surface area contributed by atoms with Crippen LogP contribution in [0.3, 0.4) is 0 Å². The molecule has 0 saturated carbocycles. The smallest absolute Gasteiger partial charge is 0.222 e. The lowest BCUT2D eigenvalue weighted by Crippen LogP contribution is -2.07. The molecule has 1 N–H and O–H groups in total. The van der Waals surface area contributed by atoms with Crippen molar-refractivity contribution in [1.82, 2.24) is 9.97 Å². The molecule has 0 radical (unpaired) electrons. The van der Waals surface area contributed by atoms with Gasteiger partial charge in [-0.2, -0.15) is 0 Å². The van der Waals surface area contributed by atoms with E-state index in [0.717, 1.165) is 25.4 Å². The molecule has 3 nitrogen and oxygen atoms in total. The summed E-state index contributed by atoms with van der Waals surface area (Å²) in [5.74, 6) is 0.0479. The summed E-state index contributed by atoms with van der Waals surface area (Å²) in [7, 11) is 0. The van der Waals surface area contributed by atoms with Crippen molar-refractivity contribution in [3.8, 4) is 0 Å². The predicted octanol–water partition coefficient (Wildman–Crippen LogP) is 2.33. The molecule has 0 spiro atoms. The summed E-state index contributed by atoms with van der Waals surface area (Å²) in [6, 6.07) is 4.10. The second kappa shape index (κ2) is 4.84. The SMILES string of the molecule is Fc1cnc(NCCc2cccs2)nc1. The summed E-state index contributed by atoms with van der Waals surface area (Å²) in [5.41, 5.74) is 0. The number of halogens is 1. The van der Waals surface area contributed by atoms with Crippen molar-refractivity contribution in [2.75, 3.05) is 11.9 Å². The van der Waals surface area contributed by atoms with Gasteiger partial charge in [0.25, 0.3) is 0 Å². The lowest BCUT2D eigenvalue weighted by Gasteiger charge is -2.02. The largest absolute Gasteiger partial charge is 0.354 e. The number of anilines is 1. The van der Waals surface area contributed by atoms with Gasteiger partial charge in [-0.05, 0) is 17.9 Å². The third-order valence-electron chi connectivity index (χ3n) is 1.85. The van der Waals surface area contributed by atoms with E-state index in [9.17, 15) is 4.39 Å². The summed E-state index contributed by atoms with van der Waals surface area (Å²) in [6.45, 7) is 0.756. The molecule has 2 rings (SSSR count). The molecule has 0 amide bonds. The Labute approximate surface area is 91.0 Å². The van der Waals surface area contributed by atoms with E-state index in [-0.39, 0.29) is 0 Å². The molecule has 0 aromatic carbocycles. The summed E-state index contributed by atoms with van der Waals surface area (Å²) < 4.78 is 12.5. The molecule has 0 aliphatic carbocycles. The molecule has 0 fully saturated rings. The van der Waals surface area contributed by atoms with E-state index < -0.39 is 5.82 Å². The Kier molecular flexibility index (Phi) is 3.24. The van der Waals surface area contributed by atoms with Gasteiger partial charge in [-0.3, -0.25) is 0 Å². The number of aromatic nitrogens is 2. The number of rotatable bonds is 4. The Balaban J connectivity index is 1.81. The zero-order valence-electron chi connectivity index (χ0n) is 7.98. The topological polar surface area (TPSA) is 37.8 Å². The Hall–Kier alpha value is -1.49. The van der Waals surface area contributed by atoms with Gasteiger partial charge in [0.05, 0.1) is 12.4 Å². The summed E-state index contributed by atoms with van der Waals surface area (Å²) >= 11 is 1.72. The molecule has 78 valence electrons. The molecule has 0 aliphatic heterocycles. The van der Waals surface area contributed by atoms with Crippen LogP contribution in [0.4, 0.5) is 10.3 Å². The van der Waals surface area contributed by atoms with Crippen molar-refractivity contribution < 1.29 is 4.39 Å². The van der Waals surface area contributed by atoms with Crippen LogP contribution in [-0.4, -0.2) is 16.5 Å². The maximum Gasteiger partial charge on any atom is 0.222 e. The highest BCUT2D eigenvalue weighted by molar-refractivity contribution is 7.09. The minimum Gasteiger partial charge on any atom is -0.354 e. The van der Waals surface area contributed by atoms with Gasteiger partial charge < -0.3 is 5.32 Å². The zero-order valence-corrected chi connectivity index (χ0v) is 8.80. The molecular formula is C10H10FN3S. The van der Waals surface area contributed by atoms with Crippen LogP contribution in [0.25, 0.3) is 0 Å². The number of nitrogens with one attached hydrogen (secondary N) is 1. The Bertz CT molecular complexity index is 399. The number of hydrogen-bond donors (Lipinski definition) is 1. The van der Waals surface area contributed by atoms with Gasteiger partial charge in [-0.25, -0.2) is 14.4 Å². The third kappa shape index (κ3) is 2.99. The van der Waals surface area contributed by atoms with E-state index in [2.05, 4.69) is 21.4 Å². The zero-order chi connectivity index (χ0) is 10.5. The van der Waals surface area contributed by atoms with Gasteiger partial charge >= 0.3 is 0 Å². The highest BCUT2D eigenvalue weighted by atomic mass is 32.1. The van der Waals surface area contributed by atoms with Gasteiger partial charge in [-0.15, -0.1) is 11.3 Å². The Morgan fingerprint density at radius 2 is 2.13 bits per heavy atom. The molecule has 2 heterocycles. The first-order chi connectivity index (χ1) is 7.34. The first-order valence-corrected chi connectivity index (χ1v) is 5.46. The maximum atomic E-state index is 12.5. The second-order valence-electron chi connectivity index (χ2n) is 2.98. The first kappa shape index (κ1) is 10.0. The van der Waals surface area contributed by atoms with Crippen molar-refractivity contribution in [2.24, 2.45) is 0 Å². The molecule has 0 saturated heterocycles. The van der Waals surface area contributed by atoms with Gasteiger partial charge in [0.2, 0.25) is 5.95 Å². The molecule has 2 aromatic heterocycles. The molecule has 0 aliphatic rings. The van der Waals surface area contributed by atoms with E-state index in [0.29, 0.717) is 5.95 Å². The normalized spacial score (nSPS) is 10.2. The van der Waals surface area contributed by atoms with Crippen LogP contribution in [0, 0.1) is 5.82 Å². The molecule has 15 heavy (non-hydrogen) atoms. The maximum absolute atomic E-state index is 12.5. The van der Waals surface area contributed by atoms with E-state index in [1.165, 1.54) is 4.88 Å². The quantitative estimate of drug-likeness (QED) is 0.864. The fourth-order valence-electron chi connectivity index (χ4n) is 1.16. The average molecular weight is 223 g/mol. The number of hydrogen-bond acceptors (Lipinski definition) is 4. The van der Waals surface area contributed by atoms with Crippen LogP contribution in [0.5, 0.6) is 0 Å². The Morgan fingerprint density at radius 3 is 2.80 bits per heavy atom. The van der Waals surface area contributed by atoms with Gasteiger partial charge in [0.15, 0.2) is 5.82 Å². The molecule has 2 aromatic rings. The van der Waals surface area contributed by atoms with Crippen molar-refractivity contribution in [2.45, 2.75) is 6.42 Å². The molecule has 5 heteroatoms. The van der Waals surface area contributed by atoms with Crippen LogP contribution in [0.15, 0.2) is 29.9 Å². The first-order valence-electron chi connectivity index (χ1n) is 4.58. The van der Waals surface area contributed by atoms with Crippen LogP contribution in [-0.2, 0) is 6.42 Å². The third-order valence-corrected chi connectivity index (χ3v) is 2.79. The summed E-state index contributed by atoms with van der Waals surface area (Å²) in [6.07, 6.45) is 3.24. The second-order valence-corrected chi connectivity index (χ2v) is 4.01. The standard InChI is InChI=1S/C10H10FN3S/c11-8-6-13-10(14-7-8)12-4-3-9-2-1-5-15-9/h1-2,5-7H,3-4H2,(H,12,13,14). The number of nitrogens with zero attached hydrogens (tertiary/aromatic N) is 2. The van der Waals surface area contributed by atoms with E-state index in [4.69, 9.17) is 0 Å². The highest BCUT2D eigenvalue weighted by Crippen LogP contribution is 2.09. The Morgan fingerprint density at radius 1 is 1.33 bits per heavy atom. The van der Waals surface area contributed by atoms with Crippen molar-refractivity contribution in [1.29, 1.82) is 0 Å². The lowest BCUT2D eigenvalue weighted by atomic mass is 10.3. The number of thiophene rings is 1. The van der Waals surface area contributed by atoms with Crippen molar-refractivity contribution in [3.63, 3.8) is 0 Å². The minimum absolute atomic E-state index is 0.418. The fourth-order valence-corrected chi connectivity index (χ4v) is 1.86. The van der Waals surface area contributed by atoms with E-state index in [1.54, 1.807) is 11.3 Å². The molecule has 0 unspecified atom stereocenters. The monoisotopic (exact) mass is 223 g/mol. The van der Waals surface area contributed by atoms with Gasteiger partial charge in [-0.1, -0.05) is 6.07 Å². The summed E-state index contributed by atoms with van der Waals surface area (Å²) in [5, 5.41) is 5.07. The van der Waals surface area contributed by atoms with Crippen molar-refractivity contribution in [3.05, 3.63) is 40.6 Å². The fraction of sp³-hybridized carbons (Fsp3) is 0.200. The van der Waals surface area contributed by atoms with E-state index >= 15 is 0 Å². The van der Waals surface area contributed by atoms with Crippen LogP contribution >= 0.6 is 11.3 Å². The molecular weight excluding hydrogens is 213 g/mol. The summed E-state index contributed by atoms with van der Waals surface area (Å²) in [4.78, 5) is 8.92. The highest BCUT2D eigenvalue weighted by Gasteiger charge is 1.97. The van der Waals surface area contributed by atoms with Crippen LogP contribution in [0.1, 0.15) is 4.88 Å². The predicted molar refractivity (Wildman–Crippen MR) is 58.5 cm³/mol. The van der Waals surface area contributed by atoms with Crippen LogP contribution < -0.4 is 5.32 Å². The van der Waals surface area contributed by atoms with Gasteiger partial charge in [0, 0.05) is 11.4 Å². The van der Waals surface area contributed by atoms with E-state index in [1.807, 2.05) is 11.4 Å². The minimum atomic E-state index is -0.418. The van der Waals surface area contributed by atoms with Crippen LogP contribution in [0.2, 0.25) is 0 Å². The van der Waals surface area contributed by atoms with Gasteiger partial charge in [0.1, 0.15) is 0 Å². The average Bonchev–Trinajstić information content (AvgIpc) is 2.74. The lowest BCUT2D eigenvalue weighted by molar-refractivity contribution is 0.614. The molecule has 0 bridgehead atoms. The molecule has 0 atom stereocenters.